The van der Waals surface area contributed by atoms with Gasteiger partial charge >= 0.3 is 0 Å². The third-order valence-corrected chi connectivity index (χ3v) is 37.1. The summed E-state index contributed by atoms with van der Waals surface area (Å²) >= 11 is 0. The van der Waals surface area contributed by atoms with Crippen molar-refractivity contribution in [2.24, 2.45) is 52.8 Å². The van der Waals surface area contributed by atoms with E-state index in [4.69, 9.17) is 0 Å². The molecule has 13 unspecified atom stereocenters. The van der Waals surface area contributed by atoms with Crippen molar-refractivity contribution in [2.75, 3.05) is 0 Å². The zero-order chi connectivity index (χ0) is 74.5. The number of hydrogen-bond acceptors (Lipinski definition) is 4. The first kappa shape index (κ1) is 86.2. The van der Waals surface area contributed by atoms with Crippen LogP contribution in [0, 0.1) is 52.8 Å². The predicted molar refractivity (Wildman–Crippen MR) is 476 cm³/mol. The Morgan fingerprint density at radius 2 is 0.255 bits per heavy atom. The summed E-state index contributed by atoms with van der Waals surface area (Å²) in [5.41, 5.74) is 0.549. The van der Waals surface area contributed by atoms with Crippen molar-refractivity contribution in [3.63, 3.8) is 0 Å². The fourth-order valence-electron chi connectivity index (χ4n) is 32.5. The average Bonchev–Trinajstić information content (AvgIpc) is 1.51. The lowest BCUT2D eigenvalue weighted by Crippen LogP contribution is -2.54. The maximum atomic E-state index is 3.63. The molecule has 14 aliphatic carbocycles. The summed E-state index contributed by atoms with van der Waals surface area (Å²) in [6.45, 7) is 0. The SMILES string of the molecule is C1CCCCC(N(C2CCCCCCCC2)C2CCC3C4CCCC(N(C5CCCCCCCC5)C5CCCCCCC5)CCCC4C4(C5CCCCC(N(C6CCCCCCCC6)C6CCCCCCC6)CCCCC5C5CCCC(N(C6CCCCCCCC6)C6CCCCCCC6)CCCC54)C3C2)CCCC1. The third-order valence-electron chi connectivity index (χ3n) is 37.1. The van der Waals surface area contributed by atoms with Crippen LogP contribution < -0.4 is 0 Å². The fraction of sp³-hybridized carbons (Fsp3) is 1.00. The van der Waals surface area contributed by atoms with Crippen LogP contribution in [0.2, 0.25) is 0 Å². The molecule has 634 valence electrons. The van der Waals surface area contributed by atoms with E-state index in [1.54, 1.807) is 148 Å². The van der Waals surface area contributed by atoms with Crippen LogP contribution in [0.25, 0.3) is 0 Å². The van der Waals surface area contributed by atoms with Crippen LogP contribution in [0.1, 0.15) is 546 Å². The molecular weight excluding hydrogens is 1330 g/mol. The minimum Gasteiger partial charge on any atom is -0.294 e. The molecule has 0 N–H and O–H groups in total. The van der Waals surface area contributed by atoms with E-state index < -0.39 is 0 Å². The van der Waals surface area contributed by atoms with E-state index in [1.165, 1.54) is 398 Å². The first-order valence-corrected chi connectivity index (χ1v) is 53.8. The lowest BCUT2D eigenvalue weighted by Gasteiger charge is -2.54. The molecule has 4 nitrogen and oxygen atoms in total. The molecule has 0 radical (unpaired) electrons. The summed E-state index contributed by atoms with van der Waals surface area (Å²) in [7, 11) is 0. The van der Waals surface area contributed by atoms with E-state index in [-0.39, 0.29) is 0 Å². The molecule has 0 aliphatic heterocycles. The molecule has 14 aliphatic rings. The molecule has 0 aromatic heterocycles. The van der Waals surface area contributed by atoms with Gasteiger partial charge in [-0.15, -0.1) is 0 Å². The highest BCUT2D eigenvalue weighted by Gasteiger charge is 2.71. The molecule has 14 rings (SSSR count). The third kappa shape index (κ3) is 23.5. The topological polar surface area (TPSA) is 13.0 Å². The van der Waals surface area contributed by atoms with E-state index in [1.807, 2.05) is 0 Å². The molecular formula is C106H190N4. The molecule has 0 heterocycles. The smallest absolute Gasteiger partial charge is 0.0104 e. The lowest BCUT2D eigenvalue weighted by atomic mass is 9.54. The van der Waals surface area contributed by atoms with Gasteiger partial charge in [0.05, 0.1) is 0 Å². The quantitative estimate of drug-likeness (QED) is 0.193. The van der Waals surface area contributed by atoms with E-state index in [0.717, 1.165) is 120 Å². The second kappa shape index (κ2) is 47.7. The van der Waals surface area contributed by atoms with Crippen molar-refractivity contribution < 1.29 is 0 Å². The summed E-state index contributed by atoms with van der Waals surface area (Å²) in [4.78, 5) is 14.1. The van der Waals surface area contributed by atoms with Crippen molar-refractivity contribution in [3.8, 4) is 0 Å². The van der Waals surface area contributed by atoms with Crippen molar-refractivity contribution in [2.45, 2.75) is 618 Å². The molecule has 14 fully saturated rings. The van der Waals surface area contributed by atoms with Gasteiger partial charge in [0.2, 0.25) is 0 Å². The van der Waals surface area contributed by atoms with Gasteiger partial charge in [0.1, 0.15) is 0 Å². The molecule has 0 amide bonds. The second-order valence-corrected chi connectivity index (χ2v) is 43.7. The molecule has 1 spiro atoms. The zero-order valence-electron chi connectivity index (χ0n) is 73.9. The number of fused-ring (bicyclic) bond motifs is 10. The van der Waals surface area contributed by atoms with Gasteiger partial charge in [-0.25, -0.2) is 0 Å². The Morgan fingerprint density at radius 1 is 0.109 bits per heavy atom. The van der Waals surface area contributed by atoms with Gasteiger partial charge in [0.15, 0.2) is 0 Å². The van der Waals surface area contributed by atoms with Crippen LogP contribution in [0.15, 0.2) is 0 Å². The van der Waals surface area contributed by atoms with Crippen LogP contribution in [0.5, 0.6) is 0 Å². The first-order chi connectivity index (χ1) is 54.7. The normalized spacial score (nSPS) is 37.0. The van der Waals surface area contributed by atoms with Crippen LogP contribution in [0.4, 0.5) is 0 Å². The standard InChI is InChI=1S/C106H190N4/c1-2-15-37-67-93(68-38-16-3-1)110(94-69-39-23-10-11-24-40-70-94)97-83-84-101-100-79-52-74-96(109(91-65-45-29-14-30-46-66-91)89-59-35-21-8-9-22-36-60-89)76-54-82-104(100)106(105(101)85-97)102-80-50-48-72-92(107(87-61-41-25-12-26-42-62-87)86-55-31-17-4-5-18-32-56-86)71-47-49-77-98(102)99-78-51-73-95(75-53-81-103(99)106)108(90-63-43-27-13-28-44-64-90)88-57-33-19-6-7-20-34-58-88/h86-105H,1-85H2. The Labute approximate surface area is 686 Å². The summed E-state index contributed by atoms with van der Waals surface area (Å²) in [6.07, 6.45) is 131. The summed E-state index contributed by atoms with van der Waals surface area (Å²) in [5.74, 6) is 7.92. The summed E-state index contributed by atoms with van der Waals surface area (Å²) in [6, 6.07) is 10.3. The highest BCUT2D eigenvalue weighted by Crippen LogP contribution is 2.77. The van der Waals surface area contributed by atoms with E-state index in [9.17, 15) is 0 Å². The van der Waals surface area contributed by atoms with E-state index >= 15 is 0 Å². The van der Waals surface area contributed by atoms with E-state index in [0.29, 0.717) is 5.41 Å². The molecule has 14 saturated carbocycles. The van der Waals surface area contributed by atoms with Gasteiger partial charge in [0, 0.05) is 72.5 Å². The molecule has 0 saturated heterocycles. The molecule has 0 bridgehead atoms. The van der Waals surface area contributed by atoms with Gasteiger partial charge in [-0.05, 0) is 252 Å². The van der Waals surface area contributed by atoms with Crippen LogP contribution in [-0.2, 0) is 0 Å². The van der Waals surface area contributed by atoms with Crippen molar-refractivity contribution in [3.05, 3.63) is 0 Å². The van der Waals surface area contributed by atoms with Gasteiger partial charge in [0.25, 0.3) is 0 Å². The second-order valence-electron chi connectivity index (χ2n) is 43.7. The maximum absolute atomic E-state index is 3.63. The van der Waals surface area contributed by atoms with Crippen molar-refractivity contribution >= 4 is 0 Å². The highest BCUT2D eigenvalue weighted by atomic mass is 15.2. The van der Waals surface area contributed by atoms with Crippen molar-refractivity contribution in [1.29, 1.82) is 0 Å². The first-order valence-electron chi connectivity index (χ1n) is 53.8. The summed E-state index contributed by atoms with van der Waals surface area (Å²) in [5, 5.41) is 0. The van der Waals surface area contributed by atoms with Crippen molar-refractivity contribution in [1.82, 2.24) is 19.6 Å². The Morgan fingerprint density at radius 3 is 0.491 bits per heavy atom. The van der Waals surface area contributed by atoms with Crippen LogP contribution in [-0.4, -0.2) is 92.1 Å². The van der Waals surface area contributed by atoms with Gasteiger partial charge in [-0.3, -0.25) is 19.6 Å². The van der Waals surface area contributed by atoms with Gasteiger partial charge < -0.3 is 0 Å². The van der Waals surface area contributed by atoms with E-state index in [2.05, 4.69) is 19.6 Å². The average molecular weight is 1520 g/mol. The molecule has 0 aromatic rings. The van der Waals surface area contributed by atoms with Gasteiger partial charge in [-0.2, -0.15) is 0 Å². The number of rotatable bonds is 12. The number of nitrogens with zero attached hydrogens (tertiary/aromatic N) is 4. The summed E-state index contributed by atoms with van der Waals surface area (Å²) < 4.78 is 0. The minimum absolute atomic E-state index is 0.549. The Hall–Kier alpha value is -0.160. The van der Waals surface area contributed by atoms with Crippen LogP contribution in [0.3, 0.4) is 0 Å². The maximum Gasteiger partial charge on any atom is 0.0104 e. The fourth-order valence-corrected chi connectivity index (χ4v) is 32.5. The van der Waals surface area contributed by atoms with Crippen LogP contribution >= 0.6 is 0 Å². The monoisotopic (exact) mass is 1520 g/mol. The Balaban J connectivity index is 0.863. The molecule has 13 atom stereocenters. The molecule has 4 heteroatoms. The minimum atomic E-state index is 0.549. The zero-order valence-corrected chi connectivity index (χ0v) is 73.9. The van der Waals surface area contributed by atoms with Gasteiger partial charge in [-0.1, -0.05) is 347 Å². The predicted octanol–water partition coefficient (Wildman–Crippen LogP) is 31.9. The number of hydrogen-bond donors (Lipinski definition) is 0. The molecule has 110 heavy (non-hydrogen) atoms. The lowest BCUT2D eigenvalue weighted by molar-refractivity contribution is -0.0549. The Kier molecular flexibility index (Phi) is 37.4. The highest BCUT2D eigenvalue weighted by molar-refractivity contribution is 5.20. The molecule has 0 aromatic carbocycles. The Bertz CT molecular complexity index is 2350. The largest absolute Gasteiger partial charge is 0.294 e.